The lowest BCUT2D eigenvalue weighted by Crippen LogP contribution is -2.31. The molecular weight excluding hydrogens is 310 g/mol. The van der Waals surface area contributed by atoms with Crippen LogP contribution in [0, 0.1) is 0 Å². The number of likely N-dealkylation sites (N-methyl/N-ethyl adjacent to an activating group) is 1. The Morgan fingerprint density at radius 3 is 2.52 bits per heavy atom. The maximum absolute atomic E-state index is 9.37. The average Bonchev–Trinajstić information content (AvgIpc) is 3.02. The Hall–Kier alpha value is -1.65. The van der Waals surface area contributed by atoms with E-state index in [1.54, 1.807) is 0 Å². The highest BCUT2D eigenvalue weighted by Gasteiger charge is 2.17. The van der Waals surface area contributed by atoms with Crippen molar-refractivity contribution in [3.8, 4) is 11.3 Å². The van der Waals surface area contributed by atoms with Crippen LogP contribution in [-0.2, 0) is 13.6 Å². The highest BCUT2D eigenvalue weighted by Crippen LogP contribution is 2.33. The minimum atomic E-state index is 0.140. The van der Waals surface area contributed by atoms with Gasteiger partial charge in [0.1, 0.15) is 0 Å². The molecule has 1 aliphatic rings. The van der Waals surface area contributed by atoms with E-state index in [1.165, 1.54) is 48.8 Å². The van der Waals surface area contributed by atoms with Crippen molar-refractivity contribution in [3.63, 3.8) is 0 Å². The van der Waals surface area contributed by atoms with Crippen molar-refractivity contribution in [1.82, 2.24) is 14.7 Å². The van der Waals surface area contributed by atoms with Gasteiger partial charge in [-0.3, -0.25) is 9.58 Å². The van der Waals surface area contributed by atoms with Gasteiger partial charge in [0, 0.05) is 37.0 Å². The number of hydrogen-bond acceptors (Lipinski definition) is 3. The molecule has 0 amide bonds. The van der Waals surface area contributed by atoms with E-state index in [9.17, 15) is 5.11 Å². The lowest BCUT2D eigenvalue weighted by molar-refractivity contribution is 0.154. The normalized spacial score (nSPS) is 17.2. The molecule has 0 aliphatic heterocycles. The molecule has 0 radical (unpaired) electrons. The van der Waals surface area contributed by atoms with Gasteiger partial charge in [0.2, 0.25) is 0 Å². The fourth-order valence-corrected chi connectivity index (χ4v) is 3.81. The molecule has 1 fully saturated rings. The van der Waals surface area contributed by atoms with Gasteiger partial charge in [-0.05, 0) is 38.3 Å². The predicted molar refractivity (Wildman–Crippen MR) is 102 cm³/mol. The van der Waals surface area contributed by atoms with Crippen molar-refractivity contribution in [2.45, 2.75) is 57.5 Å². The first kappa shape index (κ1) is 18.2. The standard InChI is InChI=1S/C21H31N3O/c1-16(15-25)23(2)13-20-14-24(3)22-21(20)19-11-9-18(10-12-19)17-7-5-4-6-8-17/h9-12,14,16-17,25H,4-8,13,15H2,1-3H3/t16-/m1/s1. The fraction of sp³-hybridized carbons (Fsp3) is 0.571. The van der Waals surface area contributed by atoms with Crippen LogP contribution in [0.4, 0.5) is 0 Å². The SMILES string of the molecule is C[C@H](CO)N(C)Cc1cn(C)nc1-c1ccc(C2CCCCC2)cc1. The van der Waals surface area contributed by atoms with Crippen molar-refractivity contribution >= 4 is 0 Å². The van der Waals surface area contributed by atoms with Gasteiger partial charge in [-0.25, -0.2) is 0 Å². The van der Waals surface area contributed by atoms with Gasteiger partial charge in [-0.1, -0.05) is 43.5 Å². The second-order valence-corrected chi connectivity index (χ2v) is 7.58. The van der Waals surface area contributed by atoms with E-state index in [4.69, 9.17) is 0 Å². The van der Waals surface area contributed by atoms with Crippen molar-refractivity contribution < 1.29 is 5.11 Å². The zero-order valence-electron chi connectivity index (χ0n) is 15.8. The minimum Gasteiger partial charge on any atom is -0.395 e. The molecule has 1 saturated carbocycles. The van der Waals surface area contributed by atoms with Gasteiger partial charge >= 0.3 is 0 Å². The molecule has 1 aromatic heterocycles. The third-order valence-corrected chi connectivity index (χ3v) is 5.60. The molecule has 1 aromatic carbocycles. The summed E-state index contributed by atoms with van der Waals surface area (Å²) in [6.07, 6.45) is 8.88. The Labute approximate surface area is 151 Å². The number of aromatic nitrogens is 2. The van der Waals surface area contributed by atoms with Crippen LogP contribution in [0.2, 0.25) is 0 Å². The molecule has 25 heavy (non-hydrogen) atoms. The van der Waals surface area contributed by atoms with Crippen LogP contribution in [0.1, 0.15) is 56.1 Å². The van der Waals surface area contributed by atoms with Gasteiger partial charge in [0.15, 0.2) is 0 Å². The summed E-state index contributed by atoms with van der Waals surface area (Å²) in [5.41, 5.74) is 4.91. The van der Waals surface area contributed by atoms with Crippen LogP contribution in [0.25, 0.3) is 11.3 Å². The number of aliphatic hydroxyl groups is 1. The molecule has 0 bridgehead atoms. The Bertz CT molecular complexity index is 671. The van der Waals surface area contributed by atoms with Gasteiger partial charge < -0.3 is 5.11 Å². The molecule has 3 rings (SSSR count). The summed E-state index contributed by atoms with van der Waals surface area (Å²) in [4.78, 5) is 2.16. The second-order valence-electron chi connectivity index (χ2n) is 7.58. The summed E-state index contributed by atoms with van der Waals surface area (Å²) in [7, 11) is 4.02. The van der Waals surface area contributed by atoms with Gasteiger partial charge in [-0.2, -0.15) is 5.10 Å². The molecule has 4 nitrogen and oxygen atoms in total. The van der Waals surface area contributed by atoms with E-state index in [-0.39, 0.29) is 12.6 Å². The van der Waals surface area contributed by atoms with Crippen LogP contribution in [0.5, 0.6) is 0 Å². The summed E-state index contributed by atoms with van der Waals surface area (Å²) in [6.45, 7) is 2.99. The monoisotopic (exact) mass is 341 g/mol. The highest BCUT2D eigenvalue weighted by molar-refractivity contribution is 5.63. The third kappa shape index (κ3) is 4.31. The second kappa shape index (κ2) is 8.15. The summed E-state index contributed by atoms with van der Waals surface area (Å²) < 4.78 is 1.89. The number of aryl methyl sites for hydroxylation is 1. The number of aliphatic hydroxyl groups excluding tert-OH is 1. The average molecular weight is 341 g/mol. The molecule has 0 spiro atoms. The summed E-state index contributed by atoms with van der Waals surface area (Å²) in [5.74, 6) is 0.738. The molecule has 0 saturated heterocycles. The number of benzene rings is 1. The molecule has 0 unspecified atom stereocenters. The zero-order chi connectivity index (χ0) is 17.8. The number of rotatable bonds is 6. The van der Waals surface area contributed by atoms with Crippen LogP contribution >= 0.6 is 0 Å². The van der Waals surface area contributed by atoms with E-state index in [1.807, 2.05) is 25.7 Å². The van der Waals surface area contributed by atoms with Crippen molar-refractivity contribution in [1.29, 1.82) is 0 Å². The highest BCUT2D eigenvalue weighted by atomic mass is 16.3. The summed E-state index contributed by atoms with van der Waals surface area (Å²) >= 11 is 0. The Balaban J connectivity index is 1.79. The maximum Gasteiger partial charge on any atom is 0.0968 e. The van der Waals surface area contributed by atoms with Crippen LogP contribution < -0.4 is 0 Å². The fourth-order valence-electron chi connectivity index (χ4n) is 3.81. The molecule has 1 heterocycles. The molecule has 2 aromatic rings. The summed E-state index contributed by atoms with van der Waals surface area (Å²) in [6, 6.07) is 9.19. The summed E-state index contributed by atoms with van der Waals surface area (Å²) in [5, 5.41) is 14.1. The van der Waals surface area contributed by atoms with Crippen molar-refractivity contribution in [2.75, 3.05) is 13.7 Å². The lowest BCUT2D eigenvalue weighted by atomic mass is 9.84. The molecular formula is C21H31N3O. The minimum absolute atomic E-state index is 0.140. The first-order chi connectivity index (χ1) is 12.1. The van der Waals surface area contributed by atoms with E-state index in [2.05, 4.69) is 40.5 Å². The van der Waals surface area contributed by atoms with Crippen LogP contribution in [0.15, 0.2) is 30.5 Å². The Morgan fingerprint density at radius 2 is 1.88 bits per heavy atom. The quantitative estimate of drug-likeness (QED) is 0.865. The first-order valence-corrected chi connectivity index (χ1v) is 9.52. The van der Waals surface area contributed by atoms with Crippen molar-refractivity contribution in [2.24, 2.45) is 7.05 Å². The topological polar surface area (TPSA) is 41.3 Å². The Morgan fingerprint density at radius 1 is 1.20 bits per heavy atom. The van der Waals surface area contributed by atoms with Crippen LogP contribution in [-0.4, -0.2) is 39.5 Å². The van der Waals surface area contributed by atoms with Gasteiger partial charge in [0.25, 0.3) is 0 Å². The molecule has 1 N–H and O–H groups in total. The van der Waals surface area contributed by atoms with Crippen molar-refractivity contribution in [3.05, 3.63) is 41.6 Å². The molecule has 4 heteroatoms. The van der Waals surface area contributed by atoms with E-state index in [0.717, 1.165) is 18.2 Å². The maximum atomic E-state index is 9.37. The van der Waals surface area contributed by atoms with Gasteiger partial charge in [0.05, 0.1) is 12.3 Å². The lowest BCUT2D eigenvalue weighted by Gasteiger charge is -2.23. The van der Waals surface area contributed by atoms with E-state index in [0.29, 0.717) is 0 Å². The Kier molecular flexibility index (Phi) is 5.92. The molecule has 136 valence electrons. The number of hydrogen-bond donors (Lipinski definition) is 1. The largest absolute Gasteiger partial charge is 0.395 e. The van der Waals surface area contributed by atoms with Gasteiger partial charge in [-0.15, -0.1) is 0 Å². The van der Waals surface area contributed by atoms with E-state index >= 15 is 0 Å². The molecule has 1 aliphatic carbocycles. The predicted octanol–water partition coefficient (Wildman–Crippen LogP) is 3.95. The zero-order valence-corrected chi connectivity index (χ0v) is 15.8. The van der Waals surface area contributed by atoms with E-state index < -0.39 is 0 Å². The molecule has 1 atom stereocenters. The van der Waals surface area contributed by atoms with Crippen LogP contribution in [0.3, 0.4) is 0 Å². The smallest absolute Gasteiger partial charge is 0.0968 e. The first-order valence-electron chi connectivity index (χ1n) is 9.52. The third-order valence-electron chi connectivity index (χ3n) is 5.60. The number of nitrogens with zero attached hydrogens (tertiary/aromatic N) is 3.